The van der Waals surface area contributed by atoms with Gasteiger partial charge in [0.2, 0.25) is 0 Å². The van der Waals surface area contributed by atoms with E-state index >= 15 is 0 Å². The number of anilines is 1. The molecule has 0 saturated heterocycles. The number of amides is 1. The normalized spacial score (nSPS) is 16.1. The van der Waals surface area contributed by atoms with Crippen molar-refractivity contribution in [3.63, 3.8) is 0 Å². The van der Waals surface area contributed by atoms with Gasteiger partial charge in [0.1, 0.15) is 5.75 Å². The first-order chi connectivity index (χ1) is 12.7. The number of hydrogen-bond acceptors (Lipinski definition) is 3. The molecule has 27 heavy (non-hydrogen) atoms. The average molecular weight is 395 g/mol. The Bertz CT molecular complexity index is 968. The molecule has 3 rings (SSSR count). The molecule has 2 aromatic rings. The number of carbonyl (C=O) groups is 1. The summed E-state index contributed by atoms with van der Waals surface area (Å²) in [4.78, 5) is 12.8. The van der Waals surface area contributed by atoms with Crippen LogP contribution in [0.5, 0.6) is 5.75 Å². The second kappa shape index (κ2) is 7.08. The number of alkyl halides is 3. The van der Waals surface area contributed by atoms with Gasteiger partial charge in [0.25, 0.3) is 5.91 Å². The van der Waals surface area contributed by atoms with Gasteiger partial charge in [-0.1, -0.05) is 17.7 Å². The van der Waals surface area contributed by atoms with Crippen molar-refractivity contribution < 1.29 is 22.7 Å². The minimum Gasteiger partial charge on any atom is -0.496 e. The minimum absolute atomic E-state index is 0.0376. The van der Waals surface area contributed by atoms with Gasteiger partial charge in [-0.2, -0.15) is 23.3 Å². The van der Waals surface area contributed by atoms with Crippen molar-refractivity contribution >= 4 is 35.0 Å². The lowest BCUT2D eigenvalue weighted by Gasteiger charge is -2.14. The number of halogens is 4. The molecule has 0 N–H and O–H groups in total. The van der Waals surface area contributed by atoms with Crippen LogP contribution in [0.4, 0.5) is 18.9 Å². The highest BCUT2D eigenvalue weighted by Crippen LogP contribution is 2.34. The summed E-state index contributed by atoms with van der Waals surface area (Å²) in [6.45, 7) is 1.61. The standard InChI is InChI=1S/C19H14ClF3N2O2/c1-11-16(9-12-8-14(20)6-7-17(12)27-2)18(26)25(24-11)15-5-3-4-13(10-15)19(21,22)23/h3-10H,1-2H3/b16-9-. The summed E-state index contributed by atoms with van der Waals surface area (Å²) in [5, 5.41) is 5.52. The predicted octanol–water partition coefficient (Wildman–Crippen LogP) is 5.17. The predicted molar refractivity (Wildman–Crippen MR) is 98.0 cm³/mol. The lowest BCUT2D eigenvalue weighted by molar-refractivity contribution is -0.137. The molecule has 0 aromatic heterocycles. The number of carbonyl (C=O) groups excluding carboxylic acids is 1. The molecular weight excluding hydrogens is 381 g/mol. The Hall–Kier alpha value is -2.80. The van der Waals surface area contributed by atoms with Crippen molar-refractivity contribution in [1.82, 2.24) is 0 Å². The molecule has 0 bridgehead atoms. The van der Waals surface area contributed by atoms with E-state index in [1.807, 2.05) is 0 Å². The highest BCUT2D eigenvalue weighted by atomic mass is 35.5. The first-order valence-corrected chi connectivity index (χ1v) is 8.21. The van der Waals surface area contributed by atoms with Gasteiger partial charge in [-0.05, 0) is 49.4 Å². The molecule has 1 amide bonds. The van der Waals surface area contributed by atoms with Crippen molar-refractivity contribution in [1.29, 1.82) is 0 Å². The van der Waals surface area contributed by atoms with E-state index in [1.54, 1.807) is 31.2 Å². The summed E-state index contributed by atoms with van der Waals surface area (Å²) in [5.74, 6) is -0.0288. The van der Waals surface area contributed by atoms with Crippen LogP contribution in [0.25, 0.3) is 6.08 Å². The van der Waals surface area contributed by atoms with E-state index < -0.39 is 17.6 Å². The number of hydrazone groups is 1. The highest BCUT2D eigenvalue weighted by molar-refractivity contribution is 6.33. The van der Waals surface area contributed by atoms with Crippen LogP contribution in [-0.2, 0) is 11.0 Å². The summed E-state index contributed by atoms with van der Waals surface area (Å²) >= 11 is 6.00. The zero-order chi connectivity index (χ0) is 19.8. The van der Waals surface area contributed by atoms with E-state index in [0.717, 1.165) is 17.1 Å². The number of benzene rings is 2. The molecule has 2 aromatic carbocycles. The van der Waals surface area contributed by atoms with E-state index in [-0.39, 0.29) is 11.3 Å². The Morgan fingerprint density at radius 2 is 1.93 bits per heavy atom. The second-order valence-corrected chi connectivity index (χ2v) is 6.23. The van der Waals surface area contributed by atoms with E-state index in [0.29, 0.717) is 22.0 Å². The molecule has 1 heterocycles. The topological polar surface area (TPSA) is 41.9 Å². The van der Waals surface area contributed by atoms with Crippen molar-refractivity contribution in [2.45, 2.75) is 13.1 Å². The average Bonchev–Trinajstić information content (AvgIpc) is 2.89. The molecule has 1 aliphatic heterocycles. The molecule has 0 spiro atoms. The van der Waals surface area contributed by atoms with Crippen LogP contribution in [0.1, 0.15) is 18.1 Å². The first kappa shape index (κ1) is 19.0. The van der Waals surface area contributed by atoms with Gasteiger partial charge >= 0.3 is 6.18 Å². The second-order valence-electron chi connectivity index (χ2n) is 5.79. The molecule has 140 valence electrons. The van der Waals surface area contributed by atoms with Crippen LogP contribution in [-0.4, -0.2) is 18.7 Å². The van der Waals surface area contributed by atoms with Gasteiger partial charge < -0.3 is 4.74 Å². The van der Waals surface area contributed by atoms with E-state index in [9.17, 15) is 18.0 Å². The summed E-state index contributed by atoms with van der Waals surface area (Å²) in [5.41, 5.74) is 0.367. The molecule has 4 nitrogen and oxygen atoms in total. The summed E-state index contributed by atoms with van der Waals surface area (Å²) < 4.78 is 44.1. The number of rotatable bonds is 3. The largest absolute Gasteiger partial charge is 0.496 e. The molecule has 0 fully saturated rings. The number of methoxy groups -OCH3 is 1. The molecule has 0 saturated carbocycles. The number of hydrogen-bond donors (Lipinski definition) is 0. The Labute approximate surface area is 158 Å². The van der Waals surface area contributed by atoms with Crippen LogP contribution < -0.4 is 9.75 Å². The Balaban J connectivity index is 1.99. The van der Waals surface area contributed by atoms with E-state index in [4.69, 9.17) is 16.3 Å². The molecule has 0 unspecified atom stereocenters. The van der Waals surface area contributed by atoms with Crippen molar-refractivity contribution in [2.75, 3.05) is 12.1 Å². The Morgan fingerprint density at radius 1 is 1.19 bits per heavy atom. The number of nitrogens with zero attached hydrogens (tertiary/aromatic N) is 2. The molecule has 8 heteroatoms. The molecule has 0 aliphatic carbocycles. The van der Waals surface area contributed by atoms with Gasteiger partial charge in [-0.3, -0.25) is 4.79 Å². The fourth-order valence-electron chi connectivity index (χ4n) is 2.65. The Morgan fingerprint density at radius 3 is 2.59 bits per heavy atom. The maximum Gasteiger partial charge on any atom is 0.416 e. The van der Waals surface area contributed by atoms with Crippen LogP contribution in [0.15, 0.2) is 53.1 Å². The summed E-state index contributed by atoms with van der Waals surface area (Å²) in [6.07, 6.45) is -2.95. The van der Waals surface area contributed by atoms with Crippen molar-refractivity contribution in [3.8, 4) is 5.75 Å². The van der Waals surface area contributed by atoms with Crippen LogP contribution in [0.2, 0.25) is 5.02 Å². The van der Waals surface area contributed by atoms with Gasteiger partial charge in [-0.25, -0.2) is 0 Å². The SMILES string of the molecule is COc1ccc(Cl)cc1/C=C1\C(=O)N(c2cccc(C(F)(F)F)c2)N=C1C. The highest BCUT2D eigenvalue weighted by Gasteiger charge is 2.33. The first-order valence-electron chi connectivity index (χ1n) is 7.83. The smallest absolute Gasteiger partial charge is 0.416 e. The maximum atomic E-state index is 12.9. The fourth-order valence-corrected chi connectivity index (χ4v) is 2.83. The third kappa shape index (κ3) is 3.83. The molecule has 0 atom stereocenters. The maximum absolute atomic E-state index is 12.9. The fraction of sp³-hybridized carbons (Fsp3) is 0.158. The zero-order valence-corrected chi connectivity index (χ0v) is 15.1. The van der Waals surface area contributed by atoms with Crippen LogP contribution >= 0.6 is 11.6 Å². The lowest BCUT2D eigenvalue weighted by atomic mass is 10.1. The Kier molecular flexibility index (Phi) is 4.97. The molecule has 0 radical (unpaired) electrons. The van der Waals surface area contributed by atoms with Crippen molar-refractivity contribution in [3.05, 3.63) is 64.2 Å². The minimum atomic E-state index is -4.51. The van der Waals surface area contributed by atoms with E-state index in [1.165, 1.54) is 19.2 Å². The van der Waals surface area contributed by atoms with Gasteiger partial charge in [-0.15, -0.1) is 0 Å². The monoisotopic (exact) mass is 394 g/mol. The molecular formula is C19H14ClF3N2O2. The van der Waals surface area contributed by atoms with Gasteiger partial charge in [0, 0.05) is 10.6 Å². The lowest BCUT2D eigenvalue weighted by Crippen LogP contribution is -2.21. The summed E-state index contributed by atoms with van der Waals surface area (Å²) in [7, 11) is 1.48. The zero-order valence-electron chi connectivity index (χ0n) is 14.3. The van der Waals surface area contributed by atoms with Crippen LogP contribution in [0.3, 0.4) is 0 Å². The van der Waals surface area contributed by atoms with Gasteiger partial charge in [0.05, 0.1) is 29.6 Å². The van der Waals surface area contributed by atoms with Gasteiger partial charge in [0.15, 0.2) is 0 Å². The van der Waals surface area contributed by atoms with Crippen LogP contribution in [0, 0.1) is 0 Å². The number of ether oxygens (including phenoxy) is 1. The third-order valence-corrected chi connectivity index (χ3v) is 4.21. The van der Waals surface area contributed by atoms with E-state index in [2.05, 4.69) is 5.10 Å². The quantitative estimate of drug-likeness (QED) is 0.674. The van der Waals surface area contributed by atoms with Crippen molar-refractivity contribution in [2.24, 2.45) is 5.10 Å². The molecule has 1 aliphatic rings. The summed E-state index contributed by atoms with van der Waals surface area (Å²) in [6, 6.07) is 9.39. The third-order valence-electron chi connectivity index (χ3n) is 3.97.